The zero-order valence-electron chi connectivity index (χ0n) is 18.4. The van der Waals surface area contributed by atoms with Crippen LogP contribution in [-0.4, -0.2) is 42.8 Å². The van der Waals surface area contributed by atoms with Crippen molar-refractivity contribution >= 4 is 42.2 Å². The van der Waals surface area contributed by atoms with Crippen molar-refractivity contribution in [1.29, 1.82) is 0 Å². The van der Waals surface area contributed by atoms with E-state index in [-0.39, 0.29) is 18.2 Å². The minimum Gasteiger partial charge on any atom is -0.345 e. The van der Waals surface area contributed by atoms with E-state index >= 15 is 0 Å². The summed E-state index contributed by atoms with van der Waals surface area (Å²) < 4.78 is 30.4. The SMILES string of the molecule is [B]C1([B])c2sc(C)cc2C(c2ccccc2-c2cn(CC)nc2C(F)(F)P)CN1C(=O)C=C. The number of halogens is 2. The summed E-state index contributed by atoms with van der Waals surface area (Å²) in [7, 11) is 14.5. The summed E-state index contributed by atoms with van der Waals surface area (Å²) in [5, 5.41) is 2.63. The average molecular weight is 479 g/mol. The fourth-order valence-electron chi connectivity index (χ4n) is 4.38. The Labute approximate surface area is 201 Å². The van der Waals surface area contributed by atoms with Crippen LogP contribution in [0.3, 0.4) is 0 Å². The number of alkyl halides is 2. The Hall–Kier alpha value is -2.24. The minimum atomic E-state index is -3.20. The molecule has 0 saturated carbocycles. The summed E-state index contributed by atoms with van der Waals surface area (Å²) >= 11 is 1.43. The van der Waals surface area contributed by atoms with Crippen molar-refractivity contribution in [3.05, 3.63) is 75.8 Å². The van der Waals surface area contributed by atoms with Gasteiger partial charge in [-0.3, -0.25) is 9.48 Å². The molecule has 1 aliphatic rings. The Kier molecular flexibility index (Phi) is 6.17. The van der Waals surface area contributed by atoms with Gasteiger partial charge in [0.25, 0.3) is 0 Å². The van der Waals surface area contributed by atoms with E-state index in [1.54, 1.807) is 27.6 Å². The lowest BCUT2D eigenvalue weighted by Crippen LogP contribution is -2.54. The number of aryl methyl sites for hydroxylation is 2. The summed E-state index contributed by atoms with van der Waals surface area (Å²) in [6.45, 7) is 8.01. The zero-order valence-corrected chi connectivity index (χ0v) is 20.4. The van der Waals surface area contributed by atoms with Crippen LogP contribution in [-0.2, 0) is 22.3 Å². The second-order valence-electron chi connectivity index (χ2n) is 8.13. The number of thiophene rings is 1. The maximum Gasteiger partial charge on any atom is 0.302 e. The van der Waals surface area contributed by atoms with Crippen molar-refractivity contribution in [3.63, 3.8) is 0 Å². The van der Waals surface area contributed by atoms with Crippen molar-refractivity contribution in [2.45, 2.75) is 37.3 Å². The van der Waals surface area contributed by atoms with Gasteiger partial charge in [-0.15, -0.1) is 11.3 Å². The first-order valence-electron chi connectivity index (χ1n) is 10.5. The molecule has 1 aliphatic heterocycles. The topological polar surface area (TPSA) is 38.1 Å². The highest BCUT2D eigenvalue weighted by molar-refractivity contribution is 7.17. The van der Waals surface area contributed by atoms with Crippen LogP contribution in [0.25, 0.3) is 11.1 Å². The molecule has 4 nitrogen and oxygen atoms in total. The van der Waals surface area contributed by atoms with Gasteiger partial charge >= 0.3 is 5.66 Å². The highest BCUT2D eigenvalue weighted by atomic mass is 32.1. The minimum absolute atomic E-state index is 0.187. The Morgan fingerprint density at radius 1 is 1.36 bits per heavy atom. The summed E-state index contributed by atoms with van der Waals surface area (Å²) in [6.07, 6.45) is 2.82. The molecule has 0 N–H and O–H groups in total. The summed E-state index contributed by atoms with van der Waals surface area (Å²) in [4.78, 5) is 15.7. The van der Waals surface area contributed by atoms with Gasteiger partial charge in [0.1, 0.15) is 5.69 Å². The predicted octanol–water partition coefficient (Wildman–Crippen LogP) is 4.47. The smallest absolute Gasteiger partial charge is 0.302 e. The molecule has 4 radical (unpaired) electrons. The number of hydrogen-bond donors (Lipinski definition) is 0. The number of carbonyl (C=O) groups is 1. The van der Waals surface area contributed by atoms with Gasteiger partial charge in [-0.05, 0) is 48.0 Å². The Morgan fingerprint density at radius 3 is 2.70 bits per heavy atom. The highest BCUT2D eigenvalue weighted by Gasteiger charge is 2.42. The maximum absolute atomic E-state index is 14.5. The number of benzene rings is 1. The number of carbonyl (C=O) groups excluding carboxylic acids is 1. The zero-order chi connectivity index (χ0) is 24.1. The number of aromatic nitrogens is 2. The van der Waals surface area contributed by atoms with E-state index in [9.17, 15) is 13.6 Å². The van der Waals surface area contributed by atoms with Crippen LogP contribution in [0, 0.1) is 6.92 Å². The molecular formula is C23H22B2F2N3OPS. The molecule has 2 unspecified atom stereocenters. The third-order valence-corrected chi connectivity index (χ3v) is 7.38. The van der Waals surface area contributed by atoms with Crippen molar-refractivity contribution in [1.82, 2.24) is 14.7 Å². The van der Waals surface area contributed by atoms with Crippen molar-refractivity contribution in [3.8, 4) is 11.1 Å². The molecule has 1 aromatic carbocycles. The van der Waals surface area contributed by atoms with E-state index < -0.39 is 16.9 Å². The molecule has 2 aromatic heterocycles. The van der Waals surface area contributed by atoms with Crippen molar-refractivity contribution in [2.24, 2.45) is 0 Å². The first-order valence-corrected chi connectivity index (χ1v) is 11.8. The van der Waals surface area contributed by atoms with Crippen molar-refractivity contribution < 1.29 is 13.6 Å². The lowest BCUT2D eigenvalue weighted by Gasteiger charge is -2.46. The fraction of sp³-hybridized carbons (Fsp3) is 0.304. The first-order chi connectivity index (χ1) is 15.5. The van der Waals surface area contributed by atoms with Gasteiger partial charge in [-0.1, -0.05) is 40.1 Å². The molecule has 3 aromatic rings. The largest absolute Gasteiger partial charge is 0.345 e. The fourth-order valence-corrected chi connectivity index (χ4v) is 5.70. The van der Waals surface area contributed by atoms with Crippen LogP contribution in [0.5, 0.6) is 0 Å². The van der Waals surface area contributed by atoms with Crippen LogP contribution < -0.4 is 0 Å². The van der Waals surface area contributed by atoms with Crippen LogP contribution in [0.4, 0.5) is 8.78 Å². The van der Waals surface area contributed by atoms with Gasteiger partial charge in [-0.25, -0.2) is 0 Å². The third-order valence-electron chi connectivity index (χ3n) is 5.90. The highest BCUT2D eigenvalue weighted by Crippen LogP contribution is 2.48. The van der Waals surface area contributed by atoms with Crippen LogP contribution in [0.2, 0.25) is 0 Å². The summed E-state index contributed by atoms with van der Waals surface area (Å²) in [5.74, 6) is -0.712. The molecule has 0 bridgehead atoms. The standard InChI is InChI=1S/C23H22B2F2N3OPS/c1-4-19(31)30-12-17(16-10-13(3)33-21(16)22(30,24)25)14-8-6-7-9-15(14)18-11-29(5-2)28-20(18)23(26,27)32/h4,6-11,17H,1,5,12,32H2,2-3H3. The lowest BCUT2D eigenvalue weighted by atomic mass is 9.56. The molecular weight excluding hydrogens is 457 g/mol. The average Bonchev–Trinajstić information content (AvgIpc) is 3.38. The van der Waals surface area contributed by atoms with E-state index in [2.05, 4.69) is 11.7 Å². The second-order valence-corrected chi connectivity index (χ2v) is 10.1. The first kappa shape index (κ1) is 23.9. The Morgan fingerprint density at radius 2 is 2.06 bits per heavy atom. The molecule has 0 saturated heterocycles. The number of nitrogens with zero attached hydrogens (tertiary/aromatic N) is 3. The van der Waals surface area contributed by atoms with Gasteiger partial charge in [0, 0.05) is 40.5 Å². The second kappa shape index (κ2) is 8.52. The van der Waals surface area contributed by atoms with Crippen LogP contribution in [0.15, 0.2) is 49.2 Å². The molecule has 33 heavy (non-hydrogen) atoms. The molecule has 166 valence electrons. The van der Waals surface area contributed by atoms with E-state index in [4.69, 9.17) is 15.7 Å². The van der Waals surface area contributed by atoms with Crippen molar-refractivity contribution in [2.75, 3.05) is 6.54 Å². The molecule has 2 atom stereocenters. The van der Waals surface area contributed by atoms with Gasteiger partial charge in [-0.2, -0.15) is 13.9 Å². The van der Waals surface area contributed by atoms with E-state index in [0.29, 0.717) is 22.5 Å². The number of fused-ring (bicyclic) bond motifs is 1. The van der Waals surface area contributed by atoms with Gasteiger partial charge in [0.15, 0.2) is 0 Å². The third kappa shape index (κ3) is 4.10. The van der Waals surface area contributed by atoms with E-state index in [1.165, 1.54) is 27.0 Å². The summed E-state index contributed by atoms with van der Waals surface area (Å²) in [5.41, 5.74) is -0.856. The molecule has 10 heteroatoms. The van der Waals surface area contributed by atoms with E-state index in [1.807, 2.05) is 32.0 Å². The molecule has 4 rings (SSSR count). The summed E-state index contributed by atoms with van der Waals surface area (Å²) in [6, 6.07) is 9.36. The normalized spacial score (nSPS) is 17.6. The molecule has 3 heterocycles. The van der Waals surface area contributed by atoms with Crippen LogP contribution >= 0.6 is 20.6 Å². The van der Waals surface area contributed by atoms with Gasteiger partial charge < -0.3 is 4.90 Å². The Bertz CT molecular complexity index is 1230. The number of rotatable bonds is 5. The molecule has 0 spiro atoms. The number of amides is 1. The maximum atomic E-state index is 14.5. The molecule has 0 aliphatic carbocycles. The predicted molar refractivity (Wildman–Crippen MR) is 133 cm³/mol. The van der Waals surface area contributed by atoms with Gasteiger partial charge in [0.2, 0.25) is 5.91 Å². The lowest BCUT2D eigenvalue weighted by molar-refractivity contribution is -0.128. The molecule has 0 fully saturated rings. The quantitative estimate of drug-likeness (QED) is 0.308. The monoisotopic (exact) mass is 479 g/mol. The number of hydrogen-bond acceptors (Lipinski definition) is 3. The molecule has 1 amide bonds. The van der Waals surface area contributed by atoms with Gasteiger partial charge in [0.05, 0.1) is 15.7 Å². The Balaban J connectivity index is 1.94. The van der Waals surface area contributed by atoms with E-state index in [0.717, 1.165) is 16.0 Å². The van der Waals surface area contributed by atoms with Crippen LogP contribution in [0.1, 0.15) is 39.4 Å².